The summed E-state index contributed by atoms with van der Waals surface area (Å²) in [6.45, 7) is 2.51. The van der Waals surface area contributed by atoms with Crippen LogP contribution in [0.2, 0.25) is 0 Å². The second-order valence-corrected chi connectivity index (χ2v) is 11.7. The molecule has 0 spiro atoms. The SMILES string of the molecule is CS(=O)(=O)c1ccc(S(=O)(=O)NCC2(N3CCCCC3)CCCCC2)cc1. The van der Waals surface area contributed by atoms with Gasteiger partial charge in [-0.2, -0.15) is 0 Å². The van der Waals surface area contributed by atoms with E-state index in [1.165, 1.54) is 49.9 Å². The molecule has 1 saturated carbocycles. The summed E-state index contributed by atoms with van der Waals surface area (Å²) in [5, 5.41) is 0. The van der Waals surface area contributed by atoms with Gasteiger partial charge in [0.15, 0.2) is 9.84 Å². The van der Waals surface area contributed by atoms with Crippen LogP contribution in [0.5, 0.6) is 0 Å². The number of likely N-dealkylation sites (tertiary alicyclic amines) is 1. The topological polar surface area (TPSA) is 83.5 Å². The Labute approximate surface area is 163 Å². The Hall–Kier alpha value is -0.960. The molecule has 0 bridgehead atoms. The number of piperidine rings is 1. The van der Waals surface area contributed by atoms with Crippen LogP contribution in [0.25, 0.3) is 0 Å². The summed E-state index contributed by atoms with van der Waals surface area (Å²) in [6.07, 6.45) is 10.3. The van der Waals surface area contributed by atoms with Crippen molar-refractivity contribution < 1.29 is 16.8 Å². The minimum atomic E-state index is -3.67. The normalized spacial score (nSPS) is 21.8. The molecule has 2 fully saturated rings. The molecule has 27 heavy (non-hydrogen) atoms. The highest BCUT2D eigenvalue weighted by Gasteiger charge is 2.39. The Kier molecular flexibility index (Phi) is 6.30. The molecule has 2 aliphatic rings. The number of rotatable bonds is 6. The van der Waals surface area contributed by atoms with Crippen LogP contribution in [0.3, 0.4) is 0 Å². The Balaban J connectivity index is 1.75. The monoisotopic (exact) mass is 414 g/mol. The number of hydrogen-bond acceptors (Lipinski definition) is 5. The van der Waals surface area contributed by atoms with Gasteiger partial charge in [-0.1, -0.05) is 25.7 Å². The molecule has 1 aromatic rings. The number of hydrogen-bond donors (Lipinski definition) is 1. The van der Waals surface area contributed by atoms with E-state index in [4.69, 9.17) is 0 Å². The zero-order valence-corrected chi connectivity index (χ0v) is 17.6. The first-order chi connectivity index (χ1) is 12.7. The standard InChI is InChI=1S/C19H30N2O4S2/c1-26(22,23)17-8-10-18(11-9-17)27(24,25)20-16-19(12-4-2-5-13-19)21-14-6-3-7-15-21/h8-11,20H,2-7,12-16H2,1H3. The molecule has 1 heterocycles. The van der Waals surface area contributed by atoms with Crippen LogP contribution < -0.4 is 4.72 Å². The van der Waals surface area contributed by atoms with Crippen LogP contribution in [0.4, 0.5) is 0 Å². The molecule has 6 nitrogen and oxygen atoms in total. The molecule has 1 aliphatic heterocycles. The van der Waals surface area contributed by atoms with Crippen LogP contribution in [0.1, 0.15) is 51.4 Å². The van der Waals surface area contributed by atoms with E-state index in [2.05, 4.69) is 9.62 Å². The zero-order valence-electron chi connectivity index (χ0n) is 16.0. The molecule has 0 unspecified atom stereocenters. The molecule has 0 amide bonds. The van der Waals surface area contributed by atoms with Gasteiger partial charge in [0.25, 0.3) is 0 Å². The van der Waals surface area contributed by atoms with Crippen LogP contribution in [0.15, 0.2) is 34.1 Å². The lowest BCUT2D eigenvalue weighted by atomic mass is 9.79. The molecule has 0 atom stereocenters. The van der Waals surface area contributed by atoms with E-state index >= 15 is 0 Å². The fourth-order valence-corrected chi connectivity index (χ4v) is 6.11. The van der Waals surface area contributed by atoms with E-state index < -0.39 is 19.9 Å². The molecule has 3 rings (SSSR count). The number of nitrogens with one attached hydrogen (secondary N) is 1. The summed E-state index contributed by atoms with van der Waals surface area (Å²) in [5.41, 5.74) is -0.0849. The Bertz CT molecular complexity index is 836. The van der Waals surface area contributed by atoms with Crippen molar-refractivity contribution in [3.8, 4) is 0 Å². The van der Waals surface area contributed by atoms with Crippen molar-refractivity contribution in [2.24, 2.45) is 0 Å². The largest absolute Gasteiger partial charge is 0.296 e. The van der Waals surface area contributed by atoms with Crippen molar-refractivity contribution in [1.29, 1.82) is 0 Å². The second kappa shape index (κ2) is 8.19. The molecule has 0 aromatic heterocycles. The summed E-state index contributed by atoms with van der Waals surface area (Å²) in [6, 6.07) is 5.44. The maximum Gasteiger partial charge on any atom is 0.240 e. The van der Waals surface area contributed by atoms with Gasteiger partial charge in [-0.25, -0.2) is 21.6 Å². The molecule has 0 radical (unpaired) electrons. The lowest BCUT2D eigenvalue weighted by Gasteiger charge is -2.48. The summed E-state index contributed by atoms with van der Waals surface area (Å²) in [5.74, 6) is 0. The zero-order chi connectivity index (χ0) is 19.5. The summed E-state index contributed by atoms with van der Waals surface area (Å²) >= 11 is 0. The first-order valence-corrected chi connectivity index (χ1v) is 13.2. The van der Waals surface area contributed by atoms with Gasteiger partial charge in [0.05, 0.1) is 9.79 Å². The van der Waals surface area contributed by atoms with Gasteiger partial charge < -0.3 is 0 Å². The summed E-state index contributed by atoms with van der Waals surface area (Å²) in [7, 11) is -7.01. The van der Waals surface area contributed by atoms with Crippen LogP contribution in [0, 0.1) is 0 Å². The van der Waals surface area contributed by atoms with Crippen LogP contribution in [-0.2, 0) is 19.9 Å². The maximum absolute atomic E-state index is 12.8. The third-order valence-electron chi connectivity index (χ3n) is 5.96. The van der Waals surface area contributed by atoms with E-state index in [1.807, 2.05) is 0 Å². The van der Waals surface area contributed by atoms with Crippen LogP contribution in [-0.4, -0.2) is 53.2 Å². The number of benzene rings is 1. The van der Waals surface area contributed by atoms with E-state index in [1.54, 1.807) is 0 Å². The highest BCUT2D eigenvalue weighted by atomic mass is 32.2. The lowest BCUT2D eigenvalue weighted by Crippen LogP contribution is -2.58. The minimum Gasteiger partial charge on any atom is -0.296 e. The molecule has 8 heteroatoms. The van der Waals surface area contributed by atoms with E-state index in [9.17, 15) is 16.8 Å². The van der Waals surface area contributed by atoms with Crippen molar-refractivity contribution in [3.63, 3.8) is 0 Å². The van der Waals surface area contributed by atoms with Crippen molar-refractivity contribution in [2.75, 3.05) is 25.9 Å². The predicted molar refractivity (Wildman–Crippen MR) is 106 cm³/mol. The maximum atomic E-state index is 12.8. The van der Waals surface area contributed by atoms with Crippen LogP contribution >= 0.6 is 0 Å². The van der Waals surface area contributed by atoms with Crippen molar-refractivity contribution in [3.05, 3.63) is 24.3 Å². The molecular weight excluding hydrogens is 384 g/mol. The summed E-state index contributed by atoms with van der Waals surface area (Å²) in [4.78, 5) is 2.74. The predicted octanol–water partition coefficient (Wildman–Crippen LogP) is 2.56. The highest BCUT2D eigenvalue weighted by Crippen LogP contribution is 2.35. The van der Waals surface area contributed by atoms with Crippen molar-refractivity contribution >= 4 is 19.9 Å². The first kappa shape index (κ1) is 20.8. The van der Waals surface area contributed by atoms with E-state index in [0.717, 1.165) is 45.0 Å². The molecular formula is C19H30N2O4S2. The van der Waals surface area contributed by atoms with Crippen molar-refractivity contribution in [2.45, 2.75) is 66.7 Å². The number of sulfonamides is 1. The number of sulfone groups is 1. The fraction of sp³-hybridized carbons (Fsp3) is 0.684. The smallest absolute Gasteiger partial charge is 0.240 e. The highest BCUT2D eigenvalue weighted by molar-refractivity contribution is 7.90. The van der Waals surface area contributed by atoms with Gasteiger partial charge in [-0.3, -0.25) is 4.90 Å². The molecule has 152 valence electrons. The van der Waals surface area contributed by atoms with Gasteiger partial charge in [0.2, 0.25) is 10.0 Å². The quantitative estimate of drug-likeness (QED) is 0.773. The molecule has 1 N–H and O–H groups in total. The summed E-state index contributed by atoms with van der Waals surface area (Å²) < 4.78 is 51.5. The van der Waals surface area contributed by atoms with E-state index in [0.29, 0.717) is 6.54 Å². The molecule has 1 saturated heterocycles. The lowest BCUT2D eigenvalue weighted by molar-refractivity contribution is 0.0376. The Morgan fingerprint density at radius 1 is 0.852 bits per heavy atom. The van der Waals surface area contributed by atoms with Gasteiger partial charge in [-0.15, -0.1) is 0 Å². The molecule has 1 aromatic carbocycles. The Morgan fingerprint density at radius 2 is 1.37 bits per heavy atom. The third-order valence-corrected chi connectivity index (χ3v) is 8.51. The number of nitrogens with zero attached hydrogens (tertiary/aromatic N) is 1. The molecule has 1 aliphatic carbocycles. The third kappa shape index (κ3) is 4.91. The average molecular weight is 415 g/mol. The van der Waals surface area contributed by atoms with Crippen molar-refractivity contribution in [1.82, 2.24) is 9.62 Å². The minimum absolute atomic E-state index is 0.0849. The van der Waals surface area contributed by atoms with Gasteiger partial charge >= 0.3 is 0 Å². The second-order valence-electron chi connectivity index (χ2n) is 7.90. The van der Waals surface area contributed by atoms with E-state index in [-0.39, 0.29) is 15.3 Å². The van der Waals surface area contributed by atoms with Gasteiger partial charge in [-0.05, 0) is 63.0 Å². The van der Waals surface area contributed by atoms with Gasteiger partial charge in [0, 0.05) is 18.3 Å². The fourth-order valence-electron chi connectivity index (χ4n) is 4.36. The Morgan fingerprint density at radius 3 is 1.93 bits per heavy atom. The first-order valence-electron chi connectivity index (χ1n) is 9.78. The average Bonchev–Trinajstić information content (AvgIpc) is 2.67. The van der Waals surface area contributed by atoms with Gasteiger partial charge in [0.1, 0.15) is 0 Å².